The first-order valence-electron chi connectivity index (χ1n) is 6.43. The Morgan fingerprint density at radius 3 is 2.71 bits per heavy atom. The fourth-order valence-electron chi connectivity index (χ4n) is 2.72. The predicted molar refractivity (Wildman–Crippen MR) is 68.2 cm³/mol. The Bertz CT molecular complexity index is 350. The molecule has 2 atom stereocenters. The summed E-state index contributed by atoms with van der Waals surface area (Å²) in [4.78, 5) is 2.46. The van der Waals surface area contributed by atoms with Gasteiger partial charge in [0, 0.05) is 18.6 Å². The average molecular weight is 236 g/mol. The molecule has 2 nitrogen and oxygen atoms in total. The molecular weight excluding hydrogens is 215 g/mol. The van der Waals surface area contributed by atoms with Crippen molar-refractivity contribution in [2.75, 3.05) is 13.1 Å². The number of benzene rings is 1. The Balaban J connectivity index is 2.12. The van der Waals surface area contributed by atoms with Crippen molar-refractivity contribution in [3.63, 3.8) is 0 Å². The molecule has 2 N–H and O–H groups in total. The van der Waals surface area contributed by atoms with Gasteiger partial charge in [0.1, 0.15) is 5.82 Å². The molecule has 0 aliphatic carbocycles. The van der Waals surface area contributed by atoms with E-state index in [2.05, 4.69) is 11.8 Å². The van der Waals surface area contributed by atoms with E-state index in [0.29, 0.717) is 18.6 Å². The van der Waals surface area contributed by atoms with Crippen molar-refractivity contribution in [3.8, 4) is 0 Å². The number of halogens is 1. The van der Waals surface area contributed by atoms with Gasteiger partial charge in [0.05, 0.1) is 0 Å². The summed E-state index contributed by atoms with van der Waals surface area (Å²) in [7, 11) is 0. The molecule has 2 unspecified atom stereocenters. The third-order valence-electron chi connectivity index (χ3n) is 3.79. The van der Waals surface area contributed by atoms with E-state index in [1.165, 1.54) is 37.0 Å². The Morgan fingerprint density at radius 2 is 2.06 bits per heavy atom. The second-order valence-electron chi connectivity index (χ2n) is 4.85. The molecule has 1 aliphatic heterocycles. The molecule has 17 heavy (non-hydrogen) atoms. The van der Waals surface area contributed by atoms with E-state index in [1.54, 1.807) is 0 Å². The van der Waals surface area contributed by atoms with Crippen molar-refractivity contribution in [1.29, 1.82) is 0 Å². The predicted octanol–water partition coefficient (Wildman–Crippen LogP) is 2.70. The SMILES string of the molecule is CC(c1ccc(F)cc1)N1CCCCC1CN. The minimum absolute atomic E-state index is 0.171. The molecule has 2 rings (SSSR count). The average Bonchev–Trinajstić information content (AvgIpc) is 2.39. The standard InChI is InChI=1S/C14H21FN2/c1-11(12-5-7-13(15)8-6-12)17-9-3-2-4-14(17)10-16/h5-8,11,14H,2-4,9-10,16H2,1H3. The maximum Gasteiger partial charge on any atom is 0.123 e. The number of nitrogens with zero attached hydrogens (tertiary/aromatic N) is 1. The number of rotatable bonds is 3. The Kier molecular flexibility index (Phi) is 4.13. The highest BCUT2D eigenvalue weighted by Crippen LogP contribution is 2.27. The molecule has 1 heterocycles. The number of hydrogen-bond acceptors (Lipinski definition) is 2. The molecule has 1 aliphatic rings. The largest absolute Gasteiger partial charge is 0.329 e. The van der Waals surface area contributed by atoms with Gasteiger partial charge < -0.3 is 5.73 Å². The summed E-state index contributed by atoms with van der Waals surface area (Å²) in [5.74, 6) is -0.171. The van der Waals surface area contributed by atoms with E-state index in [9.17, 15) is 4.39 Å². The number of nitrogens with two attached hydrogens (primary N) is 1. The summed E-state index contributed by atoms with van der Waals surface area (Å²) in [5, 5.41) is 0. The lowest BCUT2D eigenvalue weighted by Gasteiger charge is -2.39. The van der Waals surface area contributed by atoms with E-state index in [0.717, 1.165) is 6.54 Å². The van der Waals surface area contributed by atoms with Crippen LogP contribution in [-0.2, 0) is 0 Å². The van der Waals surface area contributed by atoms with Crippen LogP contribution in [0.5, 0.6) is 0 Å². The normalized spacial score (nSPS) is 23.6. The third-order valence-corrected chi connectivity index (χ3v) is 3.79. The van der Waals surface area contributed by atoms with Crippen LogP contribution in [0.2, 0.25) is 0 Å². The summed E-state index contributed by atoms with van der Waals surface area (Å²) in [6.07, 6.45) is 3.69. The van der Waals surface area contributed by atoms with Gasteiger partial charge in [-0.2, -0.15) is 0 Å². The van der Waals surface area contributed by atoms with E-state index >= 15 is 0 Å². The quantitative estimate of drug-likeness (QED) is 0.874. The molecule has 1 aromatic rings. The smallest absolute Gasteiger partial charge is 0.123 e. The molecule has 0 aromatic heterocycles. The topological polar surface area (TPSA) is 29.3 Å². The molecule has 0 radical (unpaired) electrons. The highest BCUT2D eigenvalue weighted by Gasteiger charge is 2.26. The zero-order valence-electron chi connectivity index (χ0n) is 10.4. The number of piperidine rings is 1. The van der Waals surface area contributed by atoms with Crippen LogP contribution >= 0.6 is 0 Å². The summed E-state index contributed by atoms with van der Waals surface area (Å²) in [6.45, 7) is 3.99. The summed E-state index contributed by atoms with van der Waals surface area (Å²) < 4.78 is 12.9. The monoisotopic (exact) mass is 236 g/mol. The molecule has 1 fully saturated rings. The molecule has 0 bridgehead atoms. The van der Waals surface area contributed by atoms with Gasteiger partial charge >= 0.3 is 0 Å². The first-order valence-corrected chi connectivity index (χ1v) is 6.43. The van der Waals surface area contributed by atoms with Gasteiger partial charge in [0.25, 0.3) is 0 Å². The summed E-state index contributed by atoms with van der Waals surface area (Å²) >= 11 is 0. The van der Waals surface area contributed by atoms with Crippen molar-refractivity contribution in [2.24, 2.45) is 5.73 Å². The van der Waals surface area contributed by atoms with Crippen molar-refractivity contribution < 1.29 is 4.39 Å². The molecular formula is C14H21FN2. The van der Waals surface area contributed by atoms with Crippen LogP contribution in [0.3, 0.4) is 0 Å². The van der Waals surface area contributed by atoms with Crippen LogP contribution < -0.4 is 5.73 Å². The van der Waals surface area contributed by atoms with Gasteiger partial charge in [-0.3, -0.25) is 4.90 Å². The van der Waals surface area contributed by atoms with Crippen LogP contribution in [0.25, 0.3) is 0 Å². The fourth-order valence-corrected chi connectivity index (χ4v) is 2.72. The van der Waals surface area contributed by atoms with Gasteiger partial charge in [-0.15, -0.1) is 0 Å². The lowest BCUT2D eigenvalue weighted by Crippen LogP contribution is -2.45. The van der Waals surface area contributed by atoms with E-state index < -0.39 is 0 Å². The van der Waals surface area contributed by atoms with E-state index in [-0.39, 0.29) is 5.82 Å². The Labute approximate surface area is 103 Å². The van der Waals surface area contributed by atoms with Crippen LogP contribution in [0, 0.1) is 5.82 Å². The second-order valence-corrected chi connectivity index (χ2v) is 4.85. The zero-order valence-corrected chi connectivity index (χ0v) is 10.4. The lowest BCUT2D eigenvalue weighted by molar-refractivity contribution is 0.108. The third kappa shape index (κ3) is 2.85. The van der Waals surface area contributed by atoms with Crippen LogP contribution in [0.4, 0.5) is 4.39 Å². The second kappa shape index (κ2) is 5.61. The number of hydrogen-bond donors (Lipinski definition) is 1. The fraction of sp³-hybridized carbons (Fsp3) is 0.571. The van der Waals surface area contributed by atoms with Crippen LogP contribution in [0.1, 0.15) is 37.8 Å². The van der Waals surface area contributed by atoms with Crippen molar-refractivity contribution >= 4 is 0 Å². The number of likely N-dealkylation sites (tertiary alicyclic amines) is 1. The van der Waals surface area contributed by atoms with Gasteiger partial charge in [-0.05, 0) is 44.0 Å². The minimum Gasteiger partial charge on any atom is -0.329 e. The first-order chi connectivity index (χ1) is 8.22. The van der Waals surface area contributed by atoms with Gasteiger partial charge in [0.15, 0.2) is 0 Å². The molecule has 3 heteroatoms. The highest BCUT2D eigenvalue weighted by atomic mass is 19.1. The van der Waals surface area contributed by atoms with Gasteiger partial charge in [-0.25, -0.2) is 4.39 Å². The molecule has 0 saturated carbocycles. The zero-order chi connectivity index (χ0) is 12.3. The molecule has 94 valence electrons. The highest BCUT2D eigenvalue weighted by molar-refractivity contribution is 5.19. The maximum absolute atomic E-state index is 12.9. The summed E-state index contributed by atoms with van der Waals surface area (Å²) in [5.41, 5.74) is 7.00. The lowest BCUT2D eigenvalue weighted by atomic mass is 9.97. The van der Waals surface area contributed by atoms with Gasteiger partial charge in [0.2, 0.25) is 0 Å². The maximum atomic E-state index is 12.9. The molecule has 1 aromatic carbocycles. The van der Waals surface area contributed by atoms with E-state index in [4.69, 9.17) is 5.73 Å². The van der Waals surface area contributed by atoms with Crippen molar-refractivity contribution in [2.45, 2.75) is 38.3 Å². The van der Waals surface area contributed by atoms with Crippen molar-refractivity contribution in [1.82, 2.24) is 4.90 Å². The van der Waals surface area contributed by atoms with Crippen LogP contribution in [0.15, 0.2) is 24.3 Å². The molecule has 0 amide bonds. The minimum atomic E-state index is -0.171. The van der Waals surface area contributed by atoms with Gasteiger partial charge in [-0.1, -0.05) is 18.6 Å². The van der Waals surface area contributed by atoms with E-state index in [1.807, 2.05) is 12.1 Å². The summed E-state index contributed by atoms with van der Waals surface area (Å²) in [6, 6.07) is 7.62. The van der Waals surface area contributed by atoms with Crippen LogP contribution in [-0.4, -0.2) is 24.0 Å². The molecule has 0 spiro atoms. The Hall–Kier alpha value is -0.930. The molecule has 1 saturated heterocycles. The van der Waals surface area contributed by atoms with Crippen molar-refractivity contribution in [3.05, 3.63) is 35.6 Å². The first kappa shape index (κ1) is 12.5. The Morgan fingerprint density at radius 1 is 1.35 bits per heavy atom.